The molecule has 1 aliphatic rings. The number of carbonyl (C=O) groups excluding carboxylic acids is 4. The zero-order chi connectivity index (χ0) is 58.5. The maximum Gasteiger partial charge on any atom is 0.350 e. The summed E-state index contributed by atoms with van der Waals surface area (Å²) in [6.07, 6.45) is 12.1. The molecule has 0 spiro atoms. The van der Waals surface area contributed by atoms with Crippen LogP contribution in [0.25, 0.3) is 0 Å². The summed E-state index contributed by atoms with van der Waals surface area (Å²) in [6.45, 7) is 9.35. The lowest BCUT2D eigenvalue weighted by atomic mass is 9.94. The normalized spacial score (nSPS) is 18.1. The number of aliphatic hydroxyl groups is 2. The van der Waals surface area contributed by atoms with Gasteiger partial charge >= 0.3 is 19.5 Å². The molecular weight excluding hydrogens is 1040 g/mol. The first-order valence-electron chi connectivity index (χ1n) is 28.0. The lowest BCUT2D eigenvalue weighted by molar-refractivity contribution is -0.152. The van der Waals surface area contributed by atoms with E-state index in [1.165, 1.54) is 0 Å². The van der Waals surface area contributed by atoms with Crippen molar-refractivity contribution in [3.63, 3.8) is 0 Å². The molecule has 76 heavy (non-hydrogen) atoms. The van der Waals surface area contributed by atoms with E-state index in [4.69, 9.17) is 68.9 Å². The van der Waals surface area contributed by atoms with Crippen LogP contribution >= 0.6 is 22.5 Å². The van der Waals surface area contributed by atoms with Gasteiger partial charge in [-0.3, -0.25) is 32.9 Å². The zero-order valence-corrected chi connectivity index (χ0v) is 48.6. The van der Waals surface area contributed by atoms with Crippen LogP contribution in [-0.2, 0) is 61.1 Å². The van der Waals surface area contributed by atoms with E-state index in [0.717, 1.165) is 77.0 Å². The van der Waals surface area contributed by atoms with E-state index in [9.17, 15) is 32.9 Å². The number of para-hydroxylation sites is 1. The Morgan fingerprint density at radius 2 is 1.32 bits per heavy atom. The summed E-state index contributed by atoms with van der Waals surface area (Å²) < 4.78 is 88.5. The fourth-order valence-electron chi connectivity index (χ4n) is 7.20. The van der Waals surface area contributed by atoms with Gasteiger partial charge in [0.05, 0.1) is 68.1 Å². The van der Waals surface area contributed by atoms with Gasteiger partial charge in [0.25, 0.3) is 14.9 Å². The van der Waals surface area contributed by atoms with E-state index in [1.54, 1.807) is 24.3 Å². The topological polar surface area (TPSA) is 277 Å². The number of benzene rings is 1. The summed E-state index contributed by atoms with van der Waals surface area (Å²) in [5.74, 6) is -1.44. The van der Waals surface area contributed by atoms with E-state index < -0.39 is 58.8 Å². The first-order chi connectivity index (χ1) is 37.3. The van der Waals surface area contributed by atoms with Gasteiger partial charge in [0.2, 0.25) is 2.86 Å². The zero-order valence-electron chi connectivity index (χ0n) is 47.9. The molecule has 19 nitrogen and oxygen atoms in total. The molecule has 5 unspecified atom stereocenters. The number of esters is 2. The van der Waals surface area contributed by atoms with Crippen LogP contribution < -0.4 is 9.61 Å². The highest BCUT2D eigenvalue weighted by atomic mass is 31.2. The Kier molecular flexibility index (Phi) is 41.9. The minimum absolute atomic E-state index is 0.0275. The molecular formula is C51H91B3NO18P3. The van der Waals surface area contributed by atoms with Crippen LogP contribution in [0.1, 0.15) is 156 Å². The number of hydrogen-bond acceptors (Lipinski definition) is 16. The largest absolute Gasteiger partial charge is 0.466 e. The molecule has 1 saturated heterocycles. The van der Waals surface area contributed by atoms with Crippen molar-refractivity contribution in [3.05, 3.63) is 30.3 Å². The fraction of sp³-hybridized carbons (Fsp3) is 0.804. The first kappa shape index (κ1) is 69.9. The van der Waals surface area contributed by atoms with Crippen LogP contribution in [0.3, 0.4) is 0 Å². The molecule has 0 bridgehead atoms. The number of nitrogens with one attached hydrogen (secondary N) is 1. The fourth-order valence-corrected chi connectivity index (χ4v) is 11.5. The number of Topliss-reactive ketones (excluding diaryl/α,β-unsaturated/α-hetero) is 2. The highest BCUT2D eigenvalue weighted by molar-refractivity contribution is 7.59. The van der Waals surface area contributed by atoms with Crippen LogP contribution in [0.15, 0.2) is 30.3 Å². The van der Waals surface area contributed by atoms with E-state index >= 15 is 0 Å². The number of rotatable bonds is 45. The van der Waals surface area contributed by atoms with Crippen molar-refractivity contribution in [2.45, 2.75) is 199 Å². The van der Waals surface area contributed by atoms with Crippen LogP contribution in [-0.4, -0.2) is 153 Å². The second-order valence-electron chi connectivity index (χ2n) is 18.7. The van der Waals surface area contributed by atoms with Gasteiger partial charge < -0.3 is 52.7 Å². The van der Waals surface area contributed by atoms with E-state index in [-0.39, 0.29) is 101 Å². The molecule has 25 heteroatoms. The van der Waals surface area contributed by atoms with Crippen LogP contribution in [0.5, 0.6) is 5.75 Å². The van der Waals surface area contributed by atoms with Crippen molar-refractivity contribution in [2.75, 3.05) is 58.2 Å². The Labute approximate surface area is 461 Å². The second-order valence-corrected chi connectivity index (χ2v) is 24.8. The molecule has 2 rings (SSSR count). The summed E-state index contributed by atoms with van der Waals surface area (Å²) >= 11 is 0. The van der Waals surface area contributed by atoms with Crippen molar-refractivity contribution in [1.29, 1.82) is 2.86 Å². The maximum absolute atomic E-state index is 14.1. The minimum Gasteiger partial charge on any atom is -0.466 e. The molecule has 1 aliphatic heterocycles. The third kappa shape index (κ3) is 38.4. The molecule has 1 heterocycles. The minimum atomic E-state index is -4.12. The predicted octanol–water partition coefficient (Wildman–Crippen LogP) is 9.17. The Bertz CT molecular complexity index is 1860. The van der Waals surface area contributed by atoms with Gasteiger partial charge in [-0.05, 0) is 63.5 Å². The third-order valence-corrected chi connectivity index (χ3v) is 15.9. The summed E-state index contributed by atoms with van der Waals surface area (Å²) in [5, 5.41) is 11.1. The average molecular weight is 1140 g/mol. The molecule has 5 N–H and O–H groups in total. The van der Waals surface area contributed by atoms with Gasteiger partial charge in [-0.2, -0.15) is 0 Å². The lowest BCUT2D eigenvalue weighted by Gasteiger charge is -2.31. The quantitative estimate of drug-likeness (QED) is 0.0176. The molecule has 0 saturated carbocycles. The Morgan fingerprint density at radius 1 is 0.763 bits per heavy atom. The number of aliphatic hydroxyl groups excluding tert-OH is 2. The van der Waals surface area contributed by atoms with E-state index in [0.29, 0.717) is 50.9 Å². The number of ketones is 2. The lowest BCUT2D eigenvalue weighted by Crippen LogP contribution is -2.41. The molecule has 0 amide bonds. The van der Waals surface area contributed by atoms with E-state index in [2.05, 4.69) is 36.1 Å². The third-order valence-electron chi connectivity index (χ3n) is 11.6. The van der Waals surface area contributed by atoms with Crippen molar-refractivity contribution in [3.8, 4) is 5.75 Å². The van der Waals surface area contributed by atoms with Gasteiger partial charge in [0.15, 0.2) is 0 Å². The SMILES string of the molecule is [3H]OCCCC(C[B])OCP(=O)(C[C@@H](CC(=O)CCCCC)C(=O)CCCCC)Oc1ccccc1.[3H]OCCCC(C[B])OCP(=O)(O)O.[B]CC1COP(=O)(N[C@@H](CC(=O)OCCCCC)C(=O)OCCCCC)CO1. The van der Waals surface area contributed by atoms with Gasteiger partial charge in [-0.25, -0.2) is 5.09 Å². The van der Waals surface area contributed by atoms with Gasteiger partial charge in [0, 0.05) is 44.6 Å². The summed E-state index contributed by atoms with van der Waals surface area (Å²) in [7, 11) is 5.59. The van der Waals surface area contributed by atoms with Crippen molar-refractivity contribution in [1.82, 2.24) is 5.09 Å². The predicted molar refractivity (Wildman–Crippen MR) is 298 cm³/mol. The number of ether oxygens (including phenoxy) is 5. The highest BCUT2D eigenvalue weighted by Crippen LogP contribution is 2.50. The molecule has 1 fully saturated rings. The number of hydrogen-bond donors (Lipinski definition) is 5. The molecule has 7 atom stereocenters. The highest BCUT2D eigenvalue weighted by Gasteiger charge is 2.38. The van der Waals surface area contributed by atoms with Crippen molar-refractivity contribution < 1.29 is 85.6 Å². The Hall–Kier alpha value is -2.18. The molecule has 0 aromatic heterocycles. The van der Waals surface area contributed by atoms with Crippen molar-refractivity contribution >= 4 is 69.5 Å². The molecule has 0 aliphatic carbocycles. The standard InChI is InChI=1S/C27H44BO6P.C18H33BNO7P.C6H14BO5P/c1-3-5-8-13-24(30)19-23(27(31)17-9-6-4-2)21-35(32,34-25-14-10-7-11-15-25)22-33-26(20-28)16-12-18-29;1-3-5-7-9-24-17(21)11-16(18(22)25-10-8-6-4-2)20-28(23)14-26-15(12-19)13-27-28;7-4-6(2-1-3-8)12-5-13(9,10)11/h7,10-11,14-15,23,26,29H,3-6,8-9,12-13,16-22H2,1-2H3;15-16H,3-14H2,1-2H3,(H,20,23);6,8H,1-5H2,(H2,9,10,11)/t23-,26?,35?;15?,16-,28?;/m10./s1/i29T;;8T. The Balaban J connectivity index is 0.00000125. The number of unbranched alkanes of at least 4 members (excludes halogenated alkanes) is 8. The second kappa shape index (κ2) is 45.5. The smallest absolute Gasteiger partial charge is 0.350 e. The van der Waals surface area contributed by atoms with Crippen LogP contribution in [0.2, 0.25) is 19.0 Å². The van der Waals surface area contributed by atoms with Crippen LogP contribution in [0.4, 0.5) is 0 Å². The molecule has 432 valence electrons. The number of carbonyl (C=O) groups is 4. The maximum atomic E-state index is 14.1. The first-order valence-corrected chi connectivity index (χ1v) is 32.8. The summed E-state index contributed by atoms with van der Waals surface area (Å²) in [5.41, 5.74) is 0. The summed E-state index contributed by atoms with van der Waals surface area (Å²) in [6, 6.07) is 7.72. The Morgan fingerprint density at radius 3 is 1.83 bits per heavy atom. The molecule has 1 aromatic rings. The van der Waals surface area contributed by atoms with E-state index in [1.807, 2.05) is 13.0 Å². The summed E-state index contributed by atoms with van der Waals surface area (Å²) in [4.78, 5) is 67.4. The van der Waals surface area contributed by atoms with Gasteiger partial charge in [-0.15, -0.1) is 0 Å². The van der Waals surface area contributed by atoms with Crippen LogP contribution in [0, 0.1) is 5.92 Å². The van der Waals surface area contributed by atoms with Gasteiger partial charge in [0.1, 0.15) is 42.4 Å². The average Bonchev–Trinajstić information content (AvgIpc) is 3.42. The monoisotopic (exact) mass is 1140 g/mol. The molecule has 1 aromatic carbocycles. The molecule has 6 radical (unpaired) electrons. The van der Waals surface area contributed by atoms with Crippen molar-refractivity contribution in [2.24, 2.45) is 5.92 Å². The van der Waals surface area contributed by atoms with Gasteiger partial charge in [-0.1, -0.05) is 116 Å².